The Labute approximate surface area is 245 Å². The predicted octanol–water partition coefficient (Wildman–Crippen LogP) is 4.58. The number of carbonyl (C=O) groups is 1. The quantitative estimate of drug-likeness (QED) is 0.192. The summed E-state index contributed by atoms with van der Waals surface area (Å²) in [4.78, 5) is 31.9. The molecule has 0 aliphatic carbocycles. The van der Waals surface area contributed by atoms with Crippen LogP contribution in [0.15, 0.2) is 70.1 Å². The second-order valence-electron chi connectivity index (χ2n) is 7.99. The largest absolute Gasteiger partial charge is 0.497 e. The molecule has 0 radical (unpaired) electrons. The molecule has 1 atom stereocenters. The number of benzene rings is 2. The van der Waals surface area contributed by atoms with Gasteiger partial charge in [0.15, 0.2) is 4.80 Å². The Bertz CT molecular complexity index is 1550. The van der Waals surface area contributed by atoms with Gasteiger partial charge in [-0.05, 0) is 100 Å². The highest BCUT2D eigenvalue weighted by Gasteiger charge is 2.33. The Kier molecular flexibility index (Phi) is 8.90. The number of allylic oxidation sites excluding steroid dienone is 1. The van der Waals surface area contributed by atoms with Crippen LogP contribution < -0.4 is 24.4 Å². The van der Waals surface area contributed by atoms with E-state index in [1.54, 1.807) is 31.6 Å². The fourth-order valence-electron chi connectivity index (χ4n) is 3.99. The second-order valence-corrected chi connectivity index (χ2v) is 11.3. The molecule has 0 fully saturated rings. The van der Waals surface area contributed by atoms with E-state index in [1.807, 2.05) is 42.5 Å². The molecule has 0 saturated carbocycles. The Hall–Kier alpha value is -2.45. The van der Waals surface area contributed by atoms with Gasteiger partial charge in [0.05, 0.1) is 42.7 Å². The van der Waals surface area contributed by atoms with Crippen LogP contribution >= 0.6 is 56.5 Å². The lowest BCUT2D eigenvalue weighted by atomic mass is 9.96. The highest BCUT2D eigenvalue weighted by Crippen LogP contribution is 2.32. The van der Waals surface area contributed by atoms with E-state index in [9.17, 15) is 9.59 Å². The van der Waals surface area contributed by atoms with Gasteiger partial charge in [0.2, 0.25) is 0 Å². The summed E-state index contributed by atoms with van der Waals surface area (Å²) in [5, 5.41) is 0. The summed E-state index contributed by atoms with van der Waals surface area (Å²) in [6.45, 7) is 7.86. The first-order chi connectivity index (χ1) is 17.8. The molecule has 0 saturated heterocycles. The summed E-state index contributed by atoms with van der Waals surface area (Å²) in [7, 11) is 1.59. The molecule has 1 aliphatic rings. The van der Waals surface area contributed by atoms with Gasteiger partial charge in [-0.2, -0.15) is 0 Å². The zero-order valence-electron chi connectivity index (χ0n) is 20.4. The lowest BCUT2D eigenvalue weighted by Crippen LogP contribution is -2.39. The predicted molar refractivity (Wildman–Crippen MR) is 161 cm³/mol. The van der Waals surface area contributed by atoms with Gasteiger partial charge in [-0.1, -0.05) is 36.1 Å². The van der Waals surface area contributed by atoms with Crippen LogP contribution in [0.1, 0.15) is 31.0 Å². The minimum atomic E-state index is -0.668. The molecule has 7 nitrogen and oxygen atoms in total. The first kappa shape index (κ1) is 27.6. The van der Waals surface area contributed by atoms with Gasteiger partial charge >= 0.3 is 5.97 Å². The second kappa shape index (κ2) is 11.9. The number of esters is 1. The number of aromatic nitrogens is 1. The standard InChI is InChI=1S/C27H24I2N2O5S/c1-5-11-36-24-19(28)12-16(13-20(24)29)14-21-25(32)31-23(17-7-9-18(34-4)10-8-17)22(26(33)35-6-2)15(3)30-27(31)37-21/h5,7-10,12-14,23H,1,6,11H2,2-4H3/b21-14-/t23-/m0/s1. The highest BCUT2D eigenvalue weighted by atomic mass is 127. The summed E-state index contributed by atoms with van der Waals surface area (Å²) >= 11 is 5.74. The Morgan fingerprint density at radius 3 is 2.49 bits per heavy atom. The van der Waals surface area contributed by atoms with Crippen LogP contribution in [0.2, 0.25) is 0 Å². The van der Waals surface area contributed by atoms with Crippen molar-refractivity contribution in [1.82, 2.24) is 4.57 Å². The zero-order chi connectivity index (χ0) is 26.7. The molecule has 3 aromatic rings. The van der Waals surface area contributed by atoms with Gasteiger partial charge in [0, 0.05) is 0 Å². The number of rotatable bonds is 8. The number of fused-ring (bicyclic) bond motifs is 1. The van der Waals surface area contributed by atoms with Gasteiger partial charge in [0.25, 0.3) is 5.56 Å². The van der Waals surface area contributed by atoms with E-state index in [2.05, 4.69) is 56.8 Å². The maximum atomic E-state index is 13.8. The maximum absolute atomic E-state index is 13.8. The van der Waals surface area contributed by atoms with Crippen molar-refractivity contribution in [2.45, 2.75) is 19.9 Å². The molecule has 10 heteroatoms. The highest BCUT2D eigenvalue weighted by molar-refractivity contribution is 14.1. The summed E-state index contributed by atoms with van der Waals surface area (Å²) in [6, 6.07) is 10.6. The van der Waals surface area contributed by atoms with Crippen LogP contribution in [0.3, 0.4) is 0 Å². The van der Waals surface area contributed by atoms with Crippen molar-refractivity contribution < 1.29 is 19.0 Å². The summed E-state index contributed by atoms with van der Waals surface area (Å²) in [5.74, 6) is 0.978. The number of carbonyl (C=O) groups excluding carboxylic acids is 1. The van der Waals surface area contributed by atoms with Gasteiger partial charge in [-0.15, -0.1) is 0 Å². The zero-order valence-corrected chi connectivity index (χ0v) is 25.5. The Balaban J connectivity index is 1.88. The third kappa shape index (κ3) is 5.70. The van der Waals surface area contributed by atoms with E-state index >= 15 is 0 Å². The fraction of sp³-hybridized carbons (Fsp3) is 0.222. The van der Waals surface area contributed by atoms with Crippen molar-refractivity contribution in [1.29, 1.82) is 0 Å². The average Bonchev–Trinajstić information content (AvgIpc) is 3.17. The minimum Gasteiger partial charge on any atom is -0.497 e. The van der Waals surface area contributed by atoms with Gasteiger partial charge < -0.3 is 14.2 Å². The average molecular weight is 742 g/mol. The van der Waals surface area contributed by atoms with E-state index in [1.165, 1.54) is 11.3 Å². The third-order valence-corrected chi connectivity index (χ3v) is 8.20. The first-order valence-electron chi connectivity index (χ1n) is 11.3. The van der Waals surface area contributed by atoms with E-state index in [-0.39, 0.29) is 12.2 Å². The maximum Gasteiger partial charge on any atom is 0.338 e. The van der Waals surface area contributed by atoms with Crippen molar-refractivity contribution >= 4 is 68.6 Å². The normalized spacial score (nSPS) is 15.2. The molecule has 0 spiro atoms. The summed E-state index contributed by atoms with van der Waals surface area (Å²) in [5.41, 5.74) is 2.28. The molecule has 2 heterocycles. The molecule has 1 aromatic heterocycles. The van der Waals surface area contributed by atoms with Crippen molar-refractivity contribution in [3.05, 3.63) is 98.3 Å². The smallest absolute Gasteiger partial charge is 0.338 e. The summed E-state index contributed by atoms with van der Waals surface area (Å²) < 4.78 is 20.4. The van der Waals surface area contributed by atoms with Gasteiger partial charge in [-0.3, -0.25) is 9.36 Å². The lowest BCUT2D eigenvalue weighted by molar-refractivity contribution is -0.139. The SMILES string of the molecule is C=CCOc1c(I)cc(/C=c2\sc3n(c2=O)[C@@H](c2ccc(OC)cc2)C(C(=O)OCC)=C(C)N=3)cc1I. The molecule has 0 N–H and O–H groups in total. The van der Waals surface area contributed by atoms with Gasteiger partial charge in [0.1, 0.15) is 18.1 Å². The van der Waals surface area contributed by atoms with Crippen LogP contribution in [-0.4, -0.2) is 30.9 Å². The van der Waals surface area contributed by atoms with Crippen LogP contribution in [0, 0.1) is 7.14 Å². The molecule has 0 amide bonds. The number of ether oxygens (including phenoxy) is 3. The third-order valence-electron chi connectivity index (χ3n) is 5.61. The molecule has 1 aliphatic heterocycles. The molecule has 0 unspecified atom stereocenters. The van der Waals surface area contributed by atoms with Gasteiger partial charge in [-0.25, -0.2) is 9.79 Å². The van der Waals surface area contributed by atoms with Crippen molar-refractivity contribution in [3.63, 3.8) is 0 Å². The topological polar surface area (TPSA) is 79.1 Å². The first-order valence-corrected chi connectivity index (χ1v) is 14.3. The molecule has 2 aromatic carbocycles. The van der Waals surface area contributed by atoms with Crippen LogP contribution in [0.4, 0.5) is 0 Å². The van der Waals surface area contributed by atoms with E-state index in [4.69, 9.17) is 14.2 Å². The van der Waals surface area contributed by atoms with Crippen molar-refractivity contribution in [2.75, 3.05) is 20.3 Å². The van der Waals surface area contributed by atoms with E-state index in [0.717, 1.165) is 24.0 Å². The summed E-state index contributed by atoms with van der Waals surface area (Å²) in [6.07, 6.45) is 3.55. The van der Waals surface area contributed by atoms with Crippen molar-refractivity contribution in [3.8, 4) is 11.5 Å². The van der Waals surface area contributed by atoms with Crippen LogP contribution in [0.5, 0.6) is 11.5 Å². The fourth-order valence-corrected chi connectivity index (χ4v) is 7.16. The number of thiazole rings is 1. The molecule has 0 bridgehead atoms. The Morgan fingerprint density at radius 2 is 1.89 bits per heavy atom. The number of methoxy groups -OCH3 is 1. The monoisotopic (exact) mass is 742 g/mol. The lowest BCUT2D eigenvalue weighted by Gasteiger charge is -2.24. The van der Waals surface area contributed by atoms with Crippen LogP contribution in [-0.2, 0) is 9.53 Å². The van der Waals surface area contributed by atoms with E-state index < -0.39 is 12.0 Å². The number of halogens is 2. The Morgan fingerprint density at radius 1 is 1.22 bits per heavy atom. The van der Waals surface area contributed by atoms with Crippen LogP contribution in [0.25, 0.3) is 6.08 Å². The molecule has 37 heavy (non-hydrogen) atoms. The number of hydrogen-bond acceptors (Lipinski definition) is 7. The molecule has 192 valence electrons. The minimum absolute atomic E-state index is 0.221. The van der Waals surface area contributed by atoms with Crippen molar-refractivity contribution in [2.24, 2.45) is 4.99 Å². The van der Waals surface area contributed by atoms with E-state index in [0.29, 0.717) is 33.0 Å². The number of hydrogen-bond donors (Lipinski definition) is 0. The number of nitrogens with zero attached hydrogens (tertiary/aromatic N) is 2. The molecular formula is C27H24I2N2O5S. The molecule has 4 rings (SSSR count). The molecular weight excluding hydrogens is 718 g/mol.